The highest BCUT2D eigenvalue weighted by Gasteiger charge is 2.69. The van der Waals surface area contributed by atoms with Gasteiger partial charge in [0.25, 0.3) is 0 Å². The van der Waals surface area contributed by atoms with Crippen molar-refractivity contribution in [3.8, 4) is 5.75 Å². The van der Waals surface area contributed by atoms with Crippen LogP contribution in [0.3, 0.4) is 0 Å². The fourth-order valence-corrected chi connectivity index (χ4v) is 3.33. The van der Waals surface area contributed by atoms with E-state index in [0.29, 0.717) is 6.07 Å². The van der Waals surface area contributed by atoms with Crippen LogP contribution in [0.5, 0.6) is 5.75 Å². The van der Waals surface area contributed by atoms with Gasteiger partial charge in [-0.3, -0.25) is 4.79 Å². The molecule has 0 aromatic heterocycles. The molecule has 0 heterocycles. The maximum atomic E-state index is 13.4. The number of hydrogen-bond acceptors (Lipinski definition) is 4. The summed E-state index contributed by atoms with van der Waals surface area (Å²) < 4.78 is 110. The Morgan fingerprint density at radius 2 is 1.77 bits per heavy atom. The van der Waals surface area contributed by atoms with Crippen LogP contribution in [-0.4, -0.2) is 42.9 Å². The molecule has 1 amide bonds. The van der Waals surface area contributed by atoms with Crippen LogP contribution in [0, 0.1) is 11.3 Å². The lowest BCUT2D eigenvalue weighted by Gasteiger charge is -2.34. The number of hydrogen-bond donors (Lipinski definition) is 2. The van der Waals surface area contributed by atoms with Crippen molar-refractivity contribution in [2.75, 3.05) is 6.61 Å². The number of alkyl halides is 8. The summed E-state index contributed by atoms with van der Waals surface area (Å²) in [7, 11) is 0. The van der Waals surface area contributed by atoms with Gasteiger partial charge in [-0.1, -0.05) is 12.1 Å². The van der Waals surface area contributed by atoms with E-state index in [1.807, 2.05) is 0 Å². The molecule has 5 nitrogen and oxygen atoms in total. The van der Waals surface area contributed by atoms with Crippen molar-refractivity contribution in [2.24, 2.45) is 17.1 Å². The summed E-state index contributed by atoms with van der Waals surface area (Å²) in [6, 6.07) is 3.63. The number of primary amides is 1. The first-order chi connectivity index (χ1) is 13.7. The Kier molecular flexibility index (Phi) is 6.86. The van der Waals surface area contributed by atoms with E-state index in [4.69, 9.17) is 5.73 Å². The van der Waals surface area contributed by atoms with Gasteiger partial charge >= 0.3 is 19.2 Å². The Morgan fingerprint density at radius 3 is 2.20 bits per heavy atom. The van der Waals surface area contributed by atoms with Crippen molar-refractivity contribution in [2.45, 2.75) is 44.0 Å². The van der Waals surface area contributed by atoms with Gasteiger partial charge in [-0.2, -0.15) is 22.0 Å². The van der Waals surface area contributed by atoms with Gasteiger partial charge in [0, 0.05) is 5.92 Å². The number of carbonyl (C=O) groups is 1. The average Bonchev–Trinajstić information content (AvgIpc) is 3.37. The number of aliphatic hydroxyl groups is 1. The highest BCUT2D eigenvalue weighted by Crippen LogP contribution is 2.62. The zero-order chi connectivity index (χ0) is 22.9. The number of nitrogens with two attached hydrogens (primary N) is 1. The minimum absolute atomic E-state index is 0.307. The van der Waals surface area contributed by atoms with Crippen LogP contribution in [-0.2, 0) is 9.53 Å². The number of amides is 1. The molecule has 2 unspecified atom stereocenters. The average molecular weight is 451 g/mol. The summed E-state index contributed by atoms with van der Waals surface area (Å²) in [6.45, 7) is -4.49. The van der Waals surface area contributed by atoms with E-state index in [9.17, 15) is 45.0 Å². The van der Waals surface area contributed by atoms with Crippen LogP contribution in [0.1, 0.15) is 24.3 Å². The van der Waals surface area contributed by atoms with Crippen LogP contribution in [0.15, 0.2) is 24.3 Å². The van der Waals surface area contributed by atoms with Crippen LogP contribution >= 0.6 is 0 Å². The Labute approximate surface area is 164 Å². The largest absolute Gasteiger partial charge is 0.573 e. The third-order valence-corrected chi connectivity index (χ3v) is 4.94. The monoisotopic (exact) mass is 451 g/mol. The maximum Gasteiger partial charge on any atom is 0.573 e. The second-order valence-corrected chi connectivity index (χ2v) is 6.85. The topological polar surface area (TPSA) is 81.8 Å². The van der Waals surface area contributed by atoms with Crippen molar-refractivity contribution >= 4 is 5.91 Å². The lowest BCUT2D eigenvalue weighted by Crippen LogP contribution is -2.48. The van der Waals surface area contributed by atoms with E-state index in [2.05, 4.69) is 9.47 Å². The second kappa shape index (κ2) is 8.53. The Hall–Kier alpha value is -2.15. The fourth-order valence-electron chi connectivity index (χ4n) is 3.33. The smallest absolute Gasteiger partial charge is 0.406 e. The number of aliphatic hydroxyl groups excluding tert-OH is 1. The van der Waals surface area contributed by atoms with Crippen LogP contribution < -0.4 is 10.5 Å². The molecule has 0 aliphatic heterocycles. The third-order valence-electron chi connectivity index (χ3n) is 4.94. The molecule has 1 aromatic rings. The number of rotatable bonds is 9. The molecule has 0 bridgehead atoms. The van der Waals surface area contributed by atoms with Crippen LogP contribution in [0.25, 0.3) is 0 Å². The van der Waals surface area contributed by atoms with Gasteiger partial charge in [0.15, 0.2) is 0 Å². The minimum atomic E-state index is -5.11. The molecule has 1 aliphatic carbocycles. The molecule has 0 saturated heterocycles. The lowest BCUT2D eigenvalue weighted by atomic mass is 9.76. The number of halogens is 8. The molecule has 0 radical (unpaired) electrons. The molecule has 13 heteroatoms. The normalized spacial score (nSPS) is 19.3. The van der Waals surface area contributed by atoms with Crippen molar-refractivity contribution < 1.29 is 54.5 Å². The number of carbonyl (C=O) groups excluding carboxylic acids is 1. The Morgan fingerprint density at radius 1 is 1.17 bits per heavy atom. The van der Waals surface area contributed by atoms with E-state index >= 15 is 0 Å². The van der Waals surface area contributed by atoms with Gasteiger partial charge in [0.1, 0.15) is 5.75 Å². The summed E-state index contributed by atoms with van der Waals surface area (Å²) in [5, 5.41) is 10.4. The number of ether oxygens (including phenoxy) is 2. The molecule has 1 saturated carbocycles. The molecule has 1 fully saturated rings. The quantitative estimate of drug-likeness (QED) is 0.561. The first-order valence-electron chi connectivity index (χ1n) is 8.47. The van der Waals surface area contributed by atoms with Gasteiger partial charge in [-0.25, -0.2) is 0 Å². The maximum absolute atomic E-state index is 13.4. The molecule has 170 valence electrons. The van der Waals surface area contributed by atoms with E-state index in [-0.39, 0.29) is 5.56 Å². The van der Waals surface area contributed by atoms with Crippen LogP contribution in [0.2, 0.25) is 0 Å². The molecule has 1 aromatic carbocycles. The molecule has 3 N–H and O–H groups in total. The van der Waals surface area contributed by atoms with Gasteiger partial charge in [-0.05, 0) is 30.5 Å². The molecule has 1 aliphatic rings. The molecular formula is C17H17F8NO4. The van der Waals surface area contributed by atoms with Crippen molar-refractivity contribution in [1.82, 2.24) is 0 Å². The lowest BCUT2D eigenvalue weighted by molar-refractivity contribution is -0.274. The second-order valence-electron chi connectivity index (χ2n) is 6.85. The molecule has 2 rings (SSSR count). The SMILES string of the molecule is NC(=O)C(C(O)C1(C(F)(F)F)CC1)[C@@H](COC(F)F)c1cccc(OC(F)(F)F)c1. The summed E-state index contributed by atoms with van der Waals surface area (Å²) in [5.74, 6) is -6.04. The predicted molar refractivity (Wildman–Crippen MR) is 84.2 cm³/mol. The highest BCUT2D eigenvalue weighted by atomic mass is 19.4. The Balaban J connectivity index is 2.45. The van der Waals surface area contributed by atoms with E-state index < -0.39 is 73.6 Å². The fraction of sp³-hybridized carbons (Fsp3) is 0.588. The standard InChI is InChI=1S/C17H17F8NO4/c18-14(19)29-7-10(8-2-1-3-9(6-8)30-17(23,24)25)11(13(26)28)12(27)15(4-5-15)16(20,21)22/h1-3,6,10-12,14,27H,4-5,7H2,(H2,26,28)/t10-,11?,12?/m0/s1. The van der Waals surface area contributed by atoms with Gasteiger partial charge < -0.3 is 20.3 Å². The van der Waals surface area contributed by atoms with Gasteiger partial charge in [0.2, 0.25) is 5.91 Å². The van der Waals surface area contributed by atoms with E-state index in [1.54, 1.807) is 0 Å². The third kappa shape index (κ3) is 5.50. The molecule has 3 atom stereocenters. The Bertz CT molecular complexity index is 748. The minimum Gasteiger partial charge on any atom is -0.406 e. The highest BCUT2D eigenvalue weighted by molar-refractivity contribution is 5.79. The zero-order valence-electron chi connectivity index (χ0n) is 15.0. The first kappa shape index (κ1) is 24.1. The van der Waals surface area contributed by atoms with E-state index in [1.165, 1.54) is 0 Å². The van der Waals surface area contributed by atoms with Crippen molar-refractivity contribution in [3.05, 3.63) is 29.8 Å². The molecule has 0 spiro atoms. The predicted octanol–water partition coefficient (Wildman–Crippen LogP) is 3.71. The molecular weight excluding hydrogens is 434 g/mol. The first-order valence-corrected chi connectivity index (χ1v) is 8.47. The summed E-state index contributed by atoms with van der Waals surface area (Å²) in [5.41, 5.74) is 2.19. The van der Waals surface area contributed by atoms with Crippen LogP contribution in [0.4, 0.5) is 35.1 Å². The zero-order valence-corrected chi connectivity index (χ0v) is 15.0. The summed E-state index contributed by atoms with van der Waals surface area (Å²) in [6.07, 6.45) is -13.5. The van der Waals surface area contributed by atoms with Gasteiger partial charge in [0.05, 0.1) is 24.0 Å². The van der Waals surface area contributed by atoms with Crippen molar-refractivity contribution in [1.29, 1.82) is 0 Å². The summed E-state index contributed by atoms with van der Waals surface area (Å²) in [4.78, 5) is 12.0. The summed E-state index contributed by atoms with van der Waals surface area (Å²) >= 11 is 0. The van der Waals surface area contributed by atoms with Crippen molar-refractivity contribution in [3.63, 3.8) is 0 Å². The van der Waals surface area contributed by atoms with E-state index in [0.717, 1.165) is 18.2 Å². The number of benzene rings is 1. The molecule has 30 heavy (non-hydrogen) atoms. The van der Waals surface area contributed by atoms with Gasteiger partial charge in [-0.15, -0.1) is 13.2 Å².